The van der Waals surface area contributed by atoms with Gasteiger partial charge in [0.1, 0.15) is 5.56 Å². The molecule has 1 aromatic heterocycles. The zero-order valence-electron chi connectivity index (χ0n) is 10.7. The number of carbonyl (C=O) groups is 2. The summed E-state index contributed by atoms with van der Waals surface area (Å²) in [6.07, 6.45) is 3.66. The van der Waals surface area contributed by atoms with Crippen molar-refractivity contribution < 1.29 is 14.7 Å². The van der Waals surface area contributed by atoms with Gasteiger partial charge in [0.15, 0.2) is 5.43 Å². The Bertz CT molecular complexity index is 556. The van der Waals surface area contributed by atoms with Crippen LogP contribution in [0.5, 0.6) is 0 Å². The maximum absolute atomic E-state index is 12.2. The van der Waals surface area contributed by atoms with E-state index in [2.05, 4.69) is 4.98 Å². The summed E-state index contributed by atoms with van der Waals surface area (Å²) < 4.78 is 0. The fraction of sp³-hybridized carbons (Fsp3) is 0.462. The summed E-state index contributed by atoms with van der Waals surface area (Å²) in [5.74, 6) is -1.17. The number of aromatic amines is 1. The van der Waals surface area contributed by atoms with Crippen LogP contribution >= 0.6 is 0 Å². The van der Waals surface area contributed by atoms with E-state index >= 15 is 0 Å². The molecule has 1 aliphatic rings. The summed E-state index contributed by atoms with van der Waals surface area (Å²) in [5.41, 5.74) is -1.00. The van der Waals surface area contributed by atoms with Gasteiger partial charge in [-0.15, -0.1) is 0 Å². The first-order valence-corrected chi connectivity index (χ1v) is 6.14. The van der Waals surface area contributed by atoms with Crippen LogP contribution in [-0.4, -0.2) is 40.0 Å². The largest absolute Gasteiger partial charge is 0.481 e. The highest BCUT2D eigenvalue weighted by atomic mass is 16.4. The van der Waals surface area contributed by atoms with Crippen molar-refractivity contribution in [3.05, 3.63) is 34.2 Å². The predicted molar refractivity (Wildman–Crippen MR) is 67.9 cm³/mol. The molecule has 0 spiro atoms. The van der Waals surface area contributed by atoms with Crippen LogP contribution in [0.3, 0.4) is 0 Å². The average Bonchev–Trinajstić information content (AvgIpc) is 2.39. The summed E-state index contributed by atoms with van der Waals surface area (Å²) in [5, 5.41) is 9.13. The topological polar surface area (TPSA) is 90.5 Å². The number of carbonyl (C=O) groups excluding carboxylic acids is 1. The number of aliphatic carboxylic acids is 1. The van der Waals surface area contributed by atoms with Gasteiger partial charge in [0.2, 0.25) is 0 Å². The summed E-state index contributed by atoms with van der Waals surface area (Å²) in [7, 11) is 0. The average molecular weight is 264 g/mol. The first kappa shape index (κ1) is 13.3. The molecular weight excluding hydrogens is 248 g/mol. The van der Waals surface area contributed by atoms with Crippen molar-refractivity contribution in [1.82, 2.24) is 9.88 Å². The third kappa shape index (κ3) is 2.52. The minimum atomic E-state index is -0.836. The number of nitrogens with zero attached hydrogens (tertiary/aromatic N) is 1. The Balaban J connectivity index is 2.11. The van der Waals surface area contributed by atoms with Crippen molar-refractivity contribution >= 4 is 11.9 Å². The second kappa shape index (κ2) is 4.87. The highest BCUT2D eigenvalue weighted by molar-refractivity contribution is 5.94. The van der Waals surface area contributed by atoms with Gasteiger partial charge in [-0.3, -0.25) is 14.4 Å². The molecule has 0 bridgehead atoms. The third-order valence-corrected chi connectivity index (χ3v) is 3.72. The normalized spacial score (nSPS) is 18.1. The van der Waals surface area contributed by atoms with Crippen molar-refractivity contribution in [3.63, 3.8) is 0 Å². The van der Waals surface area contributed by atoms with Crippen LogP contribution in [0.15, 0.2) is 23.3 Å². The van der Waals surface area contributed by atoms with Gasteiger partial charge in [-0.25, -0.2) is 0 Å². The van der Waals surface area contributed by atoms with Gasteiger partial charge in [0, 0.05) is 31.5 Å². The van der Waals surface area contributed by atoms with Gasteiger partial charge < -0.3 is 15.0 Å². The van der Waals surface area contributed by atoms with Crippen molar-refractivity contribution in [2.75, 3.05) is 13.1 Å². The monoisotopic (exact) mass is 264 g/mol. The number of H-pyrrole nitrogens is 1. The lowest BCUT2D eigenvalue weighted by Gasteiger charge is -2.36. The van der Waals surface area contributed by atoms with Crippen molar-refractivity contribution in [1.29, 1.82) is 0 Å². The molecule has 0 atom stereocenters. The molecule has 1 aliphatic heterocycles. The van der Waals surface area contributed by atoms with Gasteiger partial charge in [-0.1, -0.05) is 0 Å². The van der Waals surface area contributed by atoms with Crippen molar-refractivity contribution in [3.8, 4) is 0 Å². The molecule has 19 heavy (non-hydrogen) atoms. The Labute approximate surface area is 110 Å². The van der Waals surface area contributed by atoms with Gasteiger partial charge in [0.05, 0.1) is 5.41 Å². The molecule has 102 valence electrons. The molecule has 0 radical (unpaired) electrons. The van der Waals surface area contributed by atoms with Crippen molar-refractivity contribution in [2.45, 2.75) is 19.8 Å². The number of nitrogens with one attached hydrogen (secondary N) is 1. The standard InChI is InChI=1S/C13H16N2O4/c1-13(12(18)19)3-6-15(7-4-13)11(17)9-8-14-5-2-10(9)16/h2,5,8H,3-4,6-7H2,1H3,(H,14,16)(H,18,19). The lowest BCUT2D eigenvalue weighted by Crippen LogP contribution is -2.46. The number of hydrogen-bond acceptors (Lipinski definition) is 3. The molecule has 6 nitrogen and oxygen atoms in total. The Kier molecular flexibility index (Phi) is 3.42. The van der Waals surface area contributed by atoms with Crippen LogP contribution in [-0.2, 0) is 4.79 Å². The van der Waals surface area contributed by atoms with Crippen LogP contribution in [0.4, 0.5) is 0 Å². The number of carboxylic acid groups (broad SMARTS) is 1. The number of pyridine rings is 1. The number of likely N-dealkylation sites (tertiary alicyclic amines) is 1. The number of carboxylic acids is 1. The first-order chi connectivity index (χ1) is 8.94. The maximum Gasteiger partial charge on any atom is 0.309 e. The van der Waals surface area contributed by atoms with E-state index in [1.54, 1.807) is 6.92 Å². The smallest absolute Gasteiger partial charge is 0.309 e. The predicted octanol–water partition coefficient (Wildman–Crippen LogP) is 0.702. The van der Waals surface area contributed by atoms with E-state index in [4.69, 9.17) is 5.11 Å². The Morgan fingerprint density at radius 2 is 2.00 bits per heavy atom. The molecule has 0 aromatic carbocycles. The molecule has 0 unspecified atom stereocenters. The summed E-state index contributed by atoms with van der Waals surface area (Å²) in [4.78, 5) is 39.1. The summed E-state index contributed by atoms with van der Waals surface area (Å²) in [6.45, 7) is 2.40. The molecule has 1 amide bonds. The molecule has 1 fully saturated rings. The molecule has 1 saturated heterocycles. The quantitative estimate of drug-likeness (QED) is 0.822. The molecular formula is C13H16N2O4. The van der Waals surface area contributed by atoms with Crippen LogP contribution in [0, 0.1) is 5.41 Å². The number of aromatic nitrogens is 1. The Morgan fingerprint density at radius 3 is 2.53 bits per heavy atom. The van der Waals surface area contributed by atoms with E-state index in [1.807, 2.05) is 0 Å². The molecule has 6 heteroatoms. The van der Waals surface area contributed by atoms with Gasteiger partial charge in [0.25, 0.3) is 5.91 Å². The number of piperidine rings is 1. The highest BCUT2D eigenvalue weighted by Crippen LogP contribution is 2.31. The van der Waals surface area contributed by atoms with E-state index in [-0.39, 0.29) is 16.9 Å². The van der Waals surface area contributed by atoms with Crippen molar-refractivity contribution in [2.24, 2.45) is 5.41 Å². The Morgan fingerprint density at radius 1 is 1.37 bits per heavy atom. The molecule has 0 saturated carbocycles. The zero-order valence-corrected chi connectivity index (χ0v) is 10.7. The van der Waals surface area contributed by atoms with Crippen LogP contribution in [0.1, 0.15) is 30.1 Å². The second-order valence-electron chi connectivity index (χ2n) is 5.08. The van der Waals surface area contributed by atoms with Gasteiger partial charge in [-0.05, 0) is 19.8 Å². The maximum atomic E-state index is 12.2. The lowest BCUT2D eigenvalue weighted by atomic mass is 9.80. The molecule has 2 heterocycles. The second-order valence-corrected chi connectivity index (χ2v) is 5.08. The Hall–Kier alpha value is -2.11. The van der Waals surface area contributed by atoms with E-state index in [0.717, 1.165) is 0 Å². The molecule has 2 N–H and O–H groups in total. The summed E-state index contributed by atoms with van der Waals surface area (Å²) >= 11 is 0. The summed E-state index contributed by atoms with van der Waals surface area (Å²) in [6, 6.07) is 1.30. The van der Waals surface area contributed by atoms with E-state index < -0.39 is 11.4 Å². The van der Waals surface area contributed by atoms with Gasteiger partial charge in [-0.2, -0.15) is 0 Å². The number of amides is 1. The van der Waals surface area contributed by atoms with Crippen LogP contribution in [0.25, 0.3) is 0 Å². The van der Waals surface area contributed by atoms with E-state index in [0.29, 0.717) is 25.9 Å². The molecule has 1 aromatic rings. The van der Waals surface area contributed by atoms with E-state index in [9.17, 15) is 14.4 Å². The van der Waals surface area contributed by atoms with Crippen LogP contribution < -0.4 is 5.43 Å². The third-order valence-electron chi connectivity index (χ3n) is 3.72. The highest BCUT2D eigenvalue weighted by Gasteiger charge is 2.38. The van der Waals surface area contributed by atoms with Gasteiger partial charge >= 0.3 is 5.97 Å². The molecule has 0 aliphatic carbocycles. The minimum Gasteiger partial charge on any atom is -0.481 e. The lowest BCUT2D eigenvalue weighted by molar-refractivity contribution is -0.150. The first-order valence-electron chi connectivity index (χ1n) is 6.14. The number of hydrogen-bond donors (Lipinski definition) is 2. The fourth-order valence-electron chi connectivity index (χ4n) is 2.17. The number of rotatable bonds is 2. The van der Waals surface area contributed by atoms with E-state index in [1.165, 1.54) is 23.4 Å². The van der Waals surface area contributed by atoms with Crippen LogP contribution in [0.2, 0.25) is 0 Å². The fourth-order valence-corrected chi connectivity index (χ4v) is 2.17. The molecule has 2 rings (SSSR count). The SMILES string of the molecule is CC1(C(=O)O)CCN(C(=O)c2c[nH]ccc2=O)CC1. The zero-order chi connectivity index (χ0) is 14.0. The minimum absolute atomic E-state index is 0.0985.